The summed E-state index contributed by atoms with van der Waals surface area (Å²) in [6, 6.07) is 15.6. The van der Waals surface area contributed by atoms with Crippen molar-refractivity contribution < 1.29 is 24.3 Å². The summed E-state index contributed by atoms with van der Waals surface area (Å²) in [4.78, 5) is 21.5. The first-order chi connectivity index (χ1) is 20.3. The molecule has 0 fully saturated rings. The molecule has 2 aromatic carbocycles. The van der Waals surface area contributed by atoms with Crippen LogP contribution < -0.4 is 5.32 Å². The molecule has 42 heavy (non-hydrogen) atoms. The van der Waals surface area contributed by atoms with Gasteiger partial charge in [0.1, 0.15) is 11.3 Å². The summed E-state index contributed by atoms with van der Waals surface area (Å²) in [5.74, 6) is 0.0975. The van der Waals surface area contributed by atoms with Gasteiger partial charge in [0.25, 0.3) is 11.9 Å². The molecule has 0 atom stereocenters. The van der Waals surface area contributed by atoms with Crippen LogP contribution in [0, 0.1) is 0 Å². The van der Waals surface area contributed by atoms with Gasteiger partial charge in [-0.2, -0.15) is 5.06 Å². The van der Waals surface area contributed by atoms with Crippen LogP contribution in [0.25, 0.3) is 11.0 Å². The molecule has 1 aromatic heterocycles. The maximum atomic E-state index is 12.5. The highest BCUT2D eigenvalue weighted by Crippen LogP contribution is 2.28. The first kappa shape index (κ1) is 35.0. The second-order valence-electron chi connectivity index (χ2n) is 11.1. The Morgan fingerprint density at radius 3 is 1.98 bits per heavy atom. The van der Waals surface area contributed by atoms with E-state index in [-0.39, 0.29) is 5.91 Å². The lowest BCUT2D eigenvalue weighted by molar-refractivity contribution is -0.134. The number of nitrogens with one attached hydrogen (secondary N) is 1. The Kier molecular flexibility index (Phi) is 17.2. The number of amides is 1. The summed E-state index contributed by atoms with van der Waals surface area (Å²) in [7, 11) is 0. The van der Waals surface area contributed by atoms with Gasteiger partial charge in [0.05, 0.1) is 6.54 Å². The molecule has 3 N–H and O–H groups in total. The van der Waals surface area contributed by atoms with E-state index >= 15 is 0 Å². The van der Waals surface area contributed by atoms with Crippen LogP contribution in [0.3, 0.4) is 0 Å². The van der Waals surface area contributed by atoms with Crippen LogP contribution in [0.5, 0.6) is 0 Å². The number of para-hydroxylation sites is 1. The van der Waals surface area contributed by atoms with E-state index in [9.17, 15) is 10.0 Å². The van der Waals surface area contributed by atoms with Gasteiger partial charge in [0, 0.05) is 42.9 Å². The van der Waals surface area contributed by atoms with Gasteiger partial charge < -0.3 is 20.0 Å². The zero-order valence-corrected chi connectivity index (χ0v) is 26.0. The van der Waals surface area contributed by atoms with Crippen LogP contribution in [0.1, 0.15) is 125 Å². The molecular weight excluding hydrogens is 528 g/mol. The molecule has 0 aliphatic carbocycles. The van der Waals surface area contributed by atoms with Gasteiger partial charge in [-0.25, -0.2) is 0 Å². The Morgan fingerprint density at radius 1 is 0.786 bits per heavy atom. The van der Waals surface area contributed by atoms with Gasteiger partial charge in [-0.15, -0.1) is 0 Å². The topological polar surface area (TPSA) is 103 Å². The van der Waals surface area contributed by atoms with Gasteiger partial charge in [-0.1, -0.05) is 108 Å². The Hall–Kier alpha value is -3.16. The summed E-state index contributed by atoms with van der Waals surface area (Å²) in [6.45, 7) is 7.01. The summed E-state index contributed by atoms with van der Waals surface area (Å²) < 4.78 is 6.09. The molecule has 0 spiro atoms. The highest BCUT2D eigenvalue weighted by molar-refractivity contribution is 5.94. The van der Waals surface area contributed by atoms with E-state index in [1.54, 1.807) is 0 Å². The van der Waals surface area contributed by atoms with Crippen molar-refractivity contribution in [2.24, 2.45) is 0 Å². The molecule has 7 nitrogen and oxygen atoms in total. The number of hydrogen-bond donors (Lipinski definition) is 3. The van der Waals surface area contributed by atoms with Gasteiger partial charge in [0.15, 0.2) is 0 Å². The minimum absolute atomic E-state index is 0.0289. The Morgan fingerprint density at radius 2 is 1.36 bits per heavy atom. The monoisotopic (exact) mass is 580 g/mol. The zero-order chi connectivity index (χ0) is 30.6. The zero-order valence-electron chi connectivity index (χ0n) is 26.0. The number of carboxylic acids is 1. The molecule has 3 aromatic rings. The smallest absolute Gasteiger partial charge is 0.300 e. The molecule has 0 aliphatic heterocycles. The molecule has 1 amide bonds. The fraction of sp³-hybridized carbons (Fsp3) is 0.543. The molecule has 7 heteroatoms. The van der Waals surface area contributed by atoms with Crippen LogP contribution in [0.4, 0.5) is 0 Å². The lowest BCUT2D eigenvalue weighted by Gasteiger charge is -2.15. The van der Waals surface area contributed by atoms with E-state index < -0.39 is 5.97 Å². The molecule has 3 rings (SSSR count). The van der Waals surface area contributed by atoms with Crippen molar-refractivity contribution in [3.05, 3.63) is 71.0 Å². The standard InChI is InChI=1S/C33H48N2O3.C2H4O2/c1-3-5-7-8-9-10-11-12-13-16-24-34-33(36)28-22-20-27(21-23-28)25-35(37)26-30-29-17-14-15-19-31(29)38-32(30)18-6-4-2;1-2(3)4/h14-15,17,19-23,37H,3-13,16,18,24-26H2,1-2H3,(H,34,36);1H3,(H,3,4). The van der Waals surface area contributed by atoms with E-state index in [1.165, 1.54) is 62.9 Å². The number of carbonyl (C=O) groups is 2. The maximum Gasteiger partial charge on any atom is 0.300 e. The second-order valence-corrected chi connectivity index (χ2v) is 11.1. The van der Waals surface area contributed by atoms with Gasteiger partial charge >= 0.3 is 0 Å². The minimum atomic E-state index is -0.833. The third-order valence-electron chi connectivity index (χ3n) is 7.28. The predicted molar refractivity (Wildman–Crippen MR) is 170 cm³/mol. The fourth-order valence-electron chi connectivity index (χ4n) is 4.99. The number of unbranched alkanes of at least 4 members (excludes halogenated alkanes) is 10. The number of aliphatic carboxylic acids is 1. The molecule has 0 unspecified atom stereocenters. The number of furan rings is 1. The average molecular weight is 581 g/mol. The molecule has 0 radical (unpaired) electrons. The number of carbonyl (C=O) groups excluding carboxylic acids is 1. The molecule has 0 aliphatic rings. The Labute approximate surface area is 252 Å². The minimum Gasteiger partial charge on any atom is -0.481 e. The summed E-state index contributed by atoms with van der Waals surface area (Å²) in [6.07, 6.45) is 15.9. The van der Waals surface area contributed by atoms with E-state index in [1.807, 2.05) is 42.5 Å². The number of benzene rings is 2. The maximum absolute atomic E-state index is 12.5. The summed E-state index contributed by atoms with van der Waals surface area (Å²) in [5, 5.41) is 23.6. The molecule has 0 bridgehead atoms. The number of fused-ring (bicyclic) bond motifs is 1. The van der Waals surface area contributed by atoms with Crippen LogP contribution in [-0.2, 0) is 24.3 Å². The largest absolute Gasteiger partial charge is 0.481 e. The van der Waals surface area contributed by atoms with E-state index in [4.69, 9.17) is 14.3 Å². The summed E-state index contributed by atoms with van der Waals surface area (Å²) in [5.41, 5.74) is 3.55. The van der Waals surface area contributed by atoms with Crippen molar-refractivity contribution in [3.63, 3.8) is 0 Å². The third kappa shape index (κ3) is 13.7. The van der Waals surface area contributed by atoms with Crippen molar-refractivity contribution in [3.8, 4) is 0 Å². The van der Waals surface area contributed by atoms with Crippen molar-refractivity contribution >= 4 is 22.8 Å². The number of hydrogen-bond acceptors (Lipinski definition) is 5. The second kappa shape index (κ2) is 20.7. The highest BCUT2D eigenvalue weighted by Gasteiger charge is 2.16. The van der Waals surface area contributed by atoms with Crippen molar-refractivity contribution in [2.75, 3.05) is 6.54 Å². The first-order valence-electron chi connectivity index (χ1n) is 15.8. The fourth-order valence-corrected chi connectivity index (χ4v) is 4.99. The van der Waals surface area contributed by atoms with E-state index in [0.29, 0.717) is 18.7 Å². The number of rotatable bonds is 19. The van der Waals surface area contributed by atoms with Crippen LogP contribution >= 0.6 is 0 Å². The molecular formula is C35H52N2O5. The molecule has 0 saturated carbocycles. The van der Waals surface area contributed by atoms with Crippen LogP contribution in [0.15, 0.2) is 52.9 Å². The molecule has 0 saturated heterocycles. The Bertz CT molecular complexity index is 1170. The van der Waals surface area contributed by atoms with Crippen molar-refractivity contribution in [1.29, 1.82) is 0 Å². The van der Waals surface area contributed by atoms with Gasteiger partial charge in [0.2, 0.25) is 0 Å². The van der Waals surface area contributed by atoms with Crippen molar-refractivity contribution in [1.82, 2.24) is 10.4 Å². The lowest BCUT2D eigenvalue weighted by Crippen LogP contribution is -2.24. The van der Waals surface area contributed by atoms with Crippen LogP contribution in [0.2, 0.25) is 0 Å². The SMILES string of the molecule is CC(=O)O.CCCCCCCCCCCCNC(=O)c1ccc(CN(O)Cc2c(CCCC)oc3ccccc23)cc1. The van der Waals surface area contributed by atoms with Crippen LogP contribution in [-0.4, -0.2) is 33.8 Å². The highest BCUT2D eigenvalue weighted by atomic mass is 16.5. The third-order valence-corrected chi connectivity index (χ3v) is 7.28. The van der Waals surface area contributed by atoms with E-state index in [2.05, 4.69) is 25.2 Å². The lowest BCUT2D eigenvalue weighted by atomic mass is 10.1. The van der Waals surface area contributed by atoms with Gasteiger partial charge in [-0.3, -0.25) is 9.59 Å². The quantitative estimate of drug-likeness (QED) is 0.0966. The number of hydroxylamine groups is 2. The van der Waals surface area contributed by atoms with Gasteiger partial charge in [-0.05, 0) is 36.6 Å². The first-order valence-corrected chi connectivity index (χ1v) is 15.8. The number of carboxylic acid groups (broad SMARTS) is 1. The van der Waals surface area contributed by atoms with E-state index in [0.717, 1.165) is 67.0 Å². The normalized spacial score (nSPS) is 11.0. The predicted octanol–water partition coefficient (Wildman–Crippen LogP) is 8.91. The number of aryl methyl sites for hydroxylation is 1. The molecule has 232 valence electrons. The number of nitrogens with zero attached hydrogens (tertiary/aromatic N) is 1. The Balaban J connectivity index is 0.00000144. The average Bonchev–Trinajstić information content (AvgIpc) is 3.31. The molecule has 1 heterocycles. The summed E-state index contributed by atoms with van der Waals surface area (Å²) >= 11 is 0. The van der Waals surface area contributed by atoms with Crippen molar-refractivity contribution in [2.45, 2.75) is 117 Å².